The predicted octanol–water partition coefficient (Wildman–Crippen LogP) is 2.91. The highest BCUT2D eigenvalue weighted by Gasteiger charge is 2.52. The molecule has 0 saturated carbocycles. The number of aromatic nitrogens is 1. The minimum atomic E-state index is -1.18. The molecule has 2 heterocycles. The second-order valence-electron chi connectivity index (χ2n) is 6.94. The van der Waals surface area contributed by atoms with Crippen molar-refractivity contribution in [3.63, 3.8) is 0 Å². The van der Waals surface area contributed by atoms with Crippen molar-refractivity contribution in [3.05, 3.63) is 29.7 Å². The van der Waals surface area contributed by atoms with Crippen molar-refractivity contribution in [2.45, 2.75) is 45.8 Å². The van der Waals surface area contributed by atoms with Gasteiger partial charge in [-0.05, 0) is 52.3 Å². The van der Waals surface area contributed by atoms with Crippen molar-refractivity contribution < 1.29 is 23.6 Å². The van der Waals surface area contributed by atoms with Gasteiger partial charge in [0.25, 0.3) is 0 Å². The number of benzene rings is 1. The molecule has 1 aromatic heterocycles. The molecule has 1 aliphatic heterocycles. The Morgan fingerprint density at radius 1 is 1.22 bits per heavy atom. The maximum absolute atomic E-state index is 13.9. The molecule has 0 aliphatic carbocycles. The highest BCUT2D eigenvalue weighted by molar-refractivity contribution is 6.65. The van der Waals surface area contributed by atoms with E-state index in [9.17, 15) is 14.3 Å². The highest BCUT2D eigenvalue weighted by Crippen LogP contribution is 2.37. The third-order valence-electron chi connectivity index (χ3n) is 4.83. The Labute approximate surface area is 134 Å². The van der Waals surface area contributed by atoms with Crippen LogP contribution < -0.4 is 5.46 Å². The topological polar surface area (TPSA) is 60.7 Å². The van der Waals surface area contributed by atoms with Gasteiger partial charge in [0.05, 0.1) is 16.7 Å². The van der Waals surface area contributed by atoms with Crippen LogP contribution in [-0.2, 0) is 9.31 Å². The fraction of sp³-hybridized carbons (Fsp3) is 0.438. The maximum atomic E-state index is 13.9. The highest BCUT2D eigenvalue weighted by atomic mass is 19.1. The number of carbonyl (C=O) groups is 1. The average molecular weight is 319 g/mol. The van der Waals surface area contributed by atoms with Crippen molar-refractivity contribution in [1.82, 2.24) is 4.57 Å². The Balaban J connectivity index is 2.19. The van der Waals surface area contributed by atoms with Crippen LogP contribution in [0.2, 0.25) is 0 Å². The van der Waals surface area contributed by atoms with Gasteiger partial charge in [-0.3, -0.25) is 4.57 Å². The molecule has 1 N–H and O–H groups in total. The number of hydrogen-bond acceptors (Lipinski definition) is 3. The summed E-state index contributed by atoms with van der Waals surface area (Å²) in [7, 11) is -0.701. The monoisotopic (exact) mass is 319 g/mol. The van der Waals surface area contributed by atoms with Gasteiger partial charge in [0.2, 0.25) is 0 Å². The Morgan fingerprint density at radius 2 is 1.78 bits per heavy atom. The molecule has 0 spiro atoms. The van der Waals surface area contributed by atoms with Gasteiger partial charge >= 0.3 is 13.2 Å². The summed E-state index contributed by atoms with van der Waals surface area (Å²) in [6.45, 7) is 9.34. The van der Waals surface area contributed by atoms with Crippen LogP contribution in [-0.4, -0.2) is 34.1 Å². The predicted molar refractivity (Wildman–Crippen MR) is 85.8 cm³/mol. The zero-order valence-corrected chi connectivity index (χ0v) is 13.8. The molecule has 1 aromatic carbocycles. The number of hydrogen-bond donors (Lipinski definition) is 1. The molecule has 5 nitrogen and oxygen atoms in total. The first-order chi connectivity index (χ1) is 10.5. The van der Waals surface area contributed by atoms with Crippen molar-refractivity contribution in [1.29, 1.82) is 0 Å². The molecule has 0 amide bonds. The number of carboxylic acid groups (broad SMARTS) is 1. The lowest BCUT2D eigenvalue weighted by atomic mass is 9.79. The first kappa shape index (κ1) is 16.0. The third kappa shape index (κ3) is 2.35. The van der Waals surface area contributed by atoms with Gasteiger partial charge in [-0.2, -0.15) is 0 Å². The molecule has 0 unspecified atom stereocenters. The van der Waals surface area contributed by atoms with Crippen LogP contribution in [0, 0.1) is 12.7 Å². The number of aryl methyl sites for hydroxylation is 1. The van der Waals surface area contributed by atoms with E-state index in [1.165, 1.54) is 12.3 Å². The van der Waals surface area contributed by atoms with Crippen LogP contribution in [0.1, 0.15) is 33.3 Å². The van der Waals surface area contributed by atoms with Crippen molar-refractivity contribution >= 4 is 29.6 Å². The molecular formula is C16H19BFNO4. The van der Waals surface area contributed by atoms with E-state index in [2.05, 4.69) is 0 Å². The average Bonchev–Trinajstić information content (AvgIpc) is 2.86. The van der Waals surface area contributed by atoms with Crippen molar-refractivity contribution in [2.75, 3.05) is 0 Å². The van der Waals surface area contributed by atoms with Gasteiger partial charge in [-0.15, -0.1) is 0 Å². The van der Waals surface area contributed by atoms with E-state index in [0.717, 1.165) is 4.57 Å². The molecule has 23 heavy (non-hydrogen) atoms. The molecule has 1 saturated heterocycles. The lowest BCUT2D eigenvalue weighted by Crippen LogP contribution is -2.41. The standard InChI is InChI=1S/C16H19BFNO4/c1-9-6-10-11(17-22-15(2,3)16(4,5)23-17)8-19(14(20)21)13(10)7-12(9)18/h6-8H,1-5H3,(H,20,21). The van der Waals surface area contributed by atoms with Crippen LogP contribution in [0.15, 0.2) is 18.3 Å². The Bertz CT molecular complexity index is 796. The van der Waals surface area contributed by atoms with E-state index in [4.69, 9.17) is 9.31 Å². The Kier molecular flexibility index (Phi) is 3.36. The minimum absolute atomic E-state index is 0.283. The van der Waals surface area contributed by atoms with Crippen LogP contribution in [0.25, 0.3) is 10.9 Å². The molecule has 1 aliphatic rings. The summed E-state index contributed by atoms with van der Waals surface area (Å²) in [5.74, 6) is -0.446. The first-order valence-electron chi connectivity index (χ1n) is 7.43. The zero-order chi connectivity index (χ0) is 17.2. The smallest absolute Gasteiger partial charge is 0.464 e. The van der Waals surface area contributed by atoms with Crippen LogP contribution >= 0.6 is 0 Å². The molecule has 7 heteroatoms. The van der Waals surface area contributed by atoms with E-state index in [1.807, 2.05) is 27.7 Å². The Hall–Kier alpha value is -1.86. The molecule has 0 atom stereocenters. The molecule has 0 radical (unpaired) electrons. The Morgan fingerprint density at radius 3 is 2.30 bits per heavy atom. The minimum Gasteiger partial charge on any atom is -0.464 e. The van der Waals surface area contributed by atoms with E-state index in [0.29, 0.717) is 16.4 Å². The normalized spacial score (nSPS) is 19.5. The van der Waals surface area contributed by atoms with Gasteiger partial charge < -0.3 is 14.4 Å². The van der Waals surface area contributed by atoms with E-state index in [1.54, 1.807) is 13.0 Å². The molecule has 122 valence electrons. The number of fused-ring (bicyclic) bond motifs is 1. The van der Waals surface area contributed by atoms with Crippen molar-refractivity contribution in [3.8, 4) is 0 Å². The largest absolute Gasteiger partial charge is 0.497 e. The first-order valence-corrected chi connectivity index (χ1v) is 7.43. The van der Waals surface area contributed by atoms with Gasteiger partial charge in [-0.25, -0.2) is 9.18 Å². The fourth-order valence-corrected chi connectivity index (χ4v) is 2.70. The van der Waals surface area contributed by atoms with Crippen LogP contribution in [0.4, 0.5) is 9.18 Å². The van der Waals surface area contributed by atoms with Gasteiger partial charge in [0.15, 0.2) is 0 Å². The van der Waals surface area contributed by atoms with Gasteiger partial charge in [0.1, 0.15) is 5.82 Å². The summed E-state index contributed by atoms with van der Waals surface area (Å²) in [6.07, 6.45) is 0.259. The summed E-state index contributed by atoms with van der Waals surface area (Å²) in [5, 5.41) is 9.98. The third-order valence-corrected chi connectivity index (χ3v) is 4.83. The summed E-state index contributed by atoms with van der Waals surface area (Å²) in [5.41, 5.74) is 0.238. The summed E-state index contributed by atoms with van der Waals surface area (Å²) < 4.78 is 26.9. The van der Waals surface area contributed by atoms with E-state index < -0.39 is 30.2 Å². The van der Waals surface area contributed by atoms with Crippen molar-refractivity contribution in [2.24, 2.45) is 0 Å². The molecule has 1 fully saturated rings. The molecular weight excluding hydrogens is 300 g/mol. The zero-order valence-electron chi connectivity index (χ0n) is 13.8. The second-order valence-corrected chi connectivity index (χ2v) is 6.94. The number of halogens is 1. The number of rotatable bonds is 1. The van der Waals surface area contributed by atoms with Crippen LogP contribution in [0.3, 0.4) is 0 Å². The summed E-state index contributed by atoms with van der Waals surface area (Å²) in [4.78, 5) is 11.5. The van der Waals surface area contributed by atoms with E-state index >= 15 is 0 Å². The lowest BCUT2D eigenvalue weighted by molar-refractivity contribution is 0.00578. The molecule has 3 rings (SSSR count). The maximum Gasteiger partial charge on any atom is 0.497 e. The second kappa shape index (κ2) is 4.82. The molecule has 0 bridgehead atoms. The summed E-state index contributed by atoms with van der Waals surface area (Å²) >= 11 is 0. The van der Waals surface area contributed by atoms with E-state index in [-0.39, 0.29) is 5.52 Å². The van der Waals surface area contributed by atoms with Gasteiger partial charge in [0, 0.05) is 17.0 Å². The lowest BCUT2D eigenvalue weighted by Gasteiger charge is -2.32. The van der Waals surface area contributed by atoms with Gasteiger partial charge in [-0.1, -0.05) is 0 Å². The number of nitrogens with zero attached hydrogens (tertiary/aromatic N) is 1. The quantitative estimate of drug-likeness (QED) is 0.821. The summed E-state index contributed by atoms with van der Waals surface area (Å²) in [6, 6.07) is 2.86. The SMILES string of the molecule is Cc1cc2c(B3OC(C)(C)C(C)(C)O3)cn(C(=O)O)c2cc1F. The molecule has 2 aromatic rings. The van der Waals surface area contributed by atoms with Crippen LogP contribution in [0.5, 0.6) is 0 Å². The fourth-order valence-electron chi connectivity index (χ4n) is 2.70.